The number of nitrogens with zero attached hydrogens (tertiary/aromatic N) is 2. The lowest BCUT2D eigenvalue weighted by molar-refractivity contribution is -0.125. The number of amides is 1. The second-order valence-electron chi connectivity index (χ2n) is 8.07. The van der Waals surface area contributed by atoms with E-state index in [0.717, 1.165) is 35.8 Å². The fourth-order valence-corrected chi connectivity index (χ4v) is 3.12. The summed E-state index contributed by atoms with van der Waals surface area (Å²) in [6.07, 6.45) is 13.2. The Morgan fingerprint density at radius 3 is 2.58 bits per heavy atom. The van der Waals surface area contributed by atoms with Gasteiger partial charge in [-0.3, -0.25) is 9.78 Å². The Labute approximate surface area is 198 Å². The van der Waals surface area contributed by atoms with Crippen LogP contribution in [0.25, 0.3) is 0 Å². The van der Waals surface area contributed by atoms with Gasteiger partial charge in [0.05, 0.1) is 19.4 Å². The average molecular weight is 455 g/mol. The molecule has 0 radical (unpaired) electrons. The van der Waals surface area contributed by atoms with Gasteiger partial charge in [0, 0.05) is 25.4 Å². The molecule has 6 nitrogen and oxygen atoms in total. The molecule has 33 heavy (non-hydrogen) atoms. The van der Waals surface area contributed by atoms with Crippen LogP contribution in [-0.2, 0) is 25.6 Å². The summed E-state index contributed by atoms with van der Waals surface area (Å²) in [7, 11) is 1.63. The molecule has 0 unspecified atom stereocenters. The van der Waals surface area contributed by atoms with E-state index in [0.29, 0.717) is 31.2 Å². The Bertz CT molecular complexity index is 851. The highest BCUT2D eigenvalue weighted by Crippen LogP contribution is 2.32. The molecule has 0 aromatic carbocycles. The van der Waals surface area contributed by atoms with Crippen LogP contribution in [0.2, 0.25) is 0 Å². The number of likely N-dealkylation sites (N-methyl/N-ethyl adjacent to an activating group) is 1. The van der Waals surface area contributed by atoms with Crippen LogP contribution in [0.1, 0.15) is 50.8 Å². The van der Waals surface area contributed by atoms with Crippen molar-refractivity contribution in [2.45, 2.75) is 53.1 Å². The van der Waals surface area contributed by atoms with Gasteiger partial charge in [-0.1, -0.05) is 32.4 Å². The Hall–Kier alpha value is -3.02. The summed E-state index contributed by atoms with van der Waals surface area (Å²) in [6.45, 7) is 11.6. The Morgan fingerprint density at radius 1 is 1.21 bits per heavy atom. The summed E-state index contributed by atoms with van der Waals surface area (Å²) in [5.41, 5.74) is 1.87. The first-order valence-electron chi connectivity index (χ1n) is 11.7. The number of hydrogen-bond acceptors (Lipinski definition) is 5. The lowest BCUT2D eigenvalue weighted by Crippen LogP contribution is -2.30. The van der Waals surface area contributed by atoms with Gasteiger partial charge < -0.3 is 19.1 Å². The van der Waals surface area contributed by atoms with Crippen molar-refractivity contribution in [3.63, 3.8) is 0 Å². The van der Waals surface area contributed by atoms with Crippen LogP contribution in [0, 0.1) is 12.8 Å². The number of hydrogen-bond donors (Lipinski definition) is 0. The average Bonchev–Trinajstić information content (AvgIpc) is 3.64. The topological polar surface area (TPSA) is 60.9 Å². The van der Waals surface area contributed by atoms with E-state index in [1.807, 2.05) is 38.1 Å². The van der Waals surface area contributed by atoms with Gasteiger partial charge in [0.25, 0.3) is 5.91 Å². The van der Waals surface area contributed by atoms with Crippen molar-refractivity contribution < 1.29 is 19.0 Å². The van der Waals surface area contributed by atoms with Gasteiger partial charge in [-0.2, -0.15) is 0 Å². The minimum Gasteiger partial charge on any atom is -0.493 e. The van der Waals surface area contributed by atoms with E-state index < -0.39 is 0 Å². The summed E-state index contributed by atoms with van der Waals surface area (Å²) in [5.74, 6) is 2.44. The molecule has 1 heterocycles. The van der Waals surface area contributed by atoms with Crippen molar-refractivity contribution in [2.75, 3.05) is 26.8 Å². The molecule has 0 saturated heterocycles. The van der Waals surface area contributed by atoms with Crippen LogP contribution in [-0.4, -0.2) is 42.6 Å². The van der Waals surface area contributed by atoms with Gasteiger partial charge >= 0.3 is 0 Å². The molecule has 1 aliphatic carbocycles. The van der Waals surface area contributed by atoms with Gasteiger partial charge in [0.2, 0.25) is 0 Å². The highest BCUT2D eigenvalue weighted by atomic mass is 16.5. The molecular weight excluding hydrogens is 416 g/mol. The molecular formula is C27H38N2O4. The normalized spacial score (nSPS) is 14.6. The number of carbonyl (C=O) groups is 1. The van der Waals surface area contributed by atoms with E-state index in [1.54, 1.807) is 18.2 Å². The lowest BCUT2D eigenvalue weighted by Gasteiger charge is -2.19. The van der Waals surface area contributed by atoms with E-state index in [4.69, 9.17) is 14.2 Å². The van der Waals surface area contributed by atoms with Crippen molar-refractivity contribution in [1.29, 1.82) is 0 Å². The second-order valence-corrected chi connectivity index (χ2v) is 8.07. The molecule has 1 amide bonds. The number of allylic oxidation sites excluding steroid dienone is 2. The zero-order chi connectivity index (χ0) is 24.1. The smallest absolute Gasteiger partial charge is 0.250 e. The molecule has 1 aliphatic rings. The van der Waals surface area contributed by atoms with Gasteiger partial charge in [0.1, 0.15) is 12.4 Å². The maximum absolute atomic E-state index is 12.8. The molecule has 0 N–H and O–H groups in total. The molecule has 6 heteroatoms. The molecule has 1 aromatic rings. The predicted octanol–water partition coefficient (Wildman–Crippen LogP) is 5.47. The van der Waals surface area contributed by atoms with Gasteiger partial charge in [0.15, 0.2) is 11.5 Å². The highest BCUT2D eigenvalue weighted by Gasteiger charge is 2.21. The first-order valence-corrected chi connectivity index (χ1v) is 11.7. The maximum atomic E-state index is 12.8. The van der Waals surface area contributed by atoms with Crippen LogP contribution < -0.4 is 0 Å². The standard InChI is InChI=1S/C27H38N2O4/c1-6-9-26(32-17-15-22-11-12-22)25(31-5)14-16-29(8-3)27(30)18-24(7-2)33-20-23-13-10-21(4)19-28-23/h7,9-10,13-14,18-19,22H,2,6,8,11-12,15-17,20H2,1,3-5H3/b24-18+,25-14+,26-9+. The minimum absolute atomic E-state index is 0.161. The first-order chi connectivity index (χ1) is 16.0. The van der Waals surface area contributed by atoms with Gasteiger partial charge in [-0.25, -0.2) is 0 Å². The molecule has 0 spiro atoms. The number of carbonyl (C=O) groups excluding carboxylic acids is 1. The highest BCUT2D eigenvalue weighted by molar-refractivity contribution is 5.88. The van der Waals surface area contributed by atoms with Crippen LogP contribution >= 0.6 is 0 Å². The third-order valence-corrected chi connectivity index (χ3v) is 5.35. The molecule has 0 atom stereocenters. The number of aromatic nitrogens is 1. The monoisotopic (exact) mass is 454 g/mol. The quantitative estimate of drug-likeness (QED) is 0.200. The Balaban J connectivity index is 1.98. The summed E-state index contributed by atoms with van der Waals surface area (Å²) in [6, 6.07) is 3.88. The Morgan fingerprint density at radius 2 is 2.00 bits per heavy atom. The summed E-state index contributed by atoms with van der Waals surface area (Å²) < 4.78 is 17.3. The molecule has 1 aromatic heterocycles. The summed E-state index contributed by atoms with van der Waals surface area (Å²) >= 11 is 0. The Kier molecular flexibility index (Phi) is 11.3. The fourth-order valence-electron chi connectivity index (χ4n) is 3.12. The largest absolute Gasteiger partial charge is 0.493 e. The van der Waals surface area contributed by atoms with Crippen molar-refractivity contribution in [3.8, 4) is 0 Å². The third-order valence-electron chi connectivity index (χ3n) is 5.35. The van der Waals surface area contributed by atoms with E-state index in [-0.39, 0.29) is 12.5 Å². The zero-order valence-corrected chi connectivity index (χ0v) is 20.5. The van der Waals surface area contributed by atoms with Crippen molar-refractivity contribution >= 4 is 5.91 Å². The van der Waals surface area contributed by atoms with Crippen molar-refractivity contribution in [1.82, 2.24) is 9.88 Å². The summed E-state index contributed by atoms with van der Waals surface area (Å²) in [5, 5.41) is 0. The lowest BCUT2D eigenvalue weighted by atomic mass is 10.2. The summed E-state index contributed by atoms with van der Waals surface area (Å²) in [4.78, 5) is 18.9. The number of rotatable bonds is 15. The molecule has 1 fully saturated rings. The number of aryl methyl sites for hydroxylation is 1. The third kappa shape index (κ3) is 9.56. The molecule has 180 valence electrons. The van der Waals surface area contributed by atoms with Crippen molar-refractivity contribution in [2.24, 2.45) is 5.92 Å². The van der Waals surface area contributed by atoms with Crippen LogP contribution in [0.15, 0.2) is 66.5 Å². The van der Waals surface area contributed by atoms with Gasteiger partial charge in [-0.05, 0) is 62.5 Å². The molecule has 1 saturated carbocycles. The van der Waals surface area contributed by atoms with E-state index in [1.165, 1.54) is 25.0 Å². The second kappa shape index (κ2) is 14.2. The van der Waals surface area contributed by atoms with E-state index >= 15 is 0 Å². The SMILES string of the molecule is C=C/C(=C\C(=O)N(CC)C/C=C(OC)\C(=C/CC)OCCC1CC1)OCc1ccc(C)cn1. The zero-order valence-electron chi connectivity index (χ0n) is 20.5. The maximum Gasteiger partial charge on any atom is 0.250 e. The van der Waals surface area contributed by atoms with Crippen LogP contribution in [0.4, 0.5) is 0 Å². The van der Waals surface area contributed by atoms with E-state index in [9.17, 15) is 4.79 Å². The molecule has 0 aliphatic heterocycles. The van der Waals surface area contributed by atoms with E-state index in [2.05, 4.69) is 18.5 Å². The predicted molar refractivity (Wildman–Crippen MR) is 131 cm³/mol. The van der Waals surface area contributed by atoms with Crippen LogP contribution in [0.5, 0.6) is 0 Å². The fraction of sp³-hybridized carbons (Fsp3) is 0.481. The number of methoxy groups -OCH3 is 1. The molecule has 0 bridgehead atoms. The molecule has 2 rings (SSSR count). The number of ether oxygens (including phenoxy) is 3. The minimum atomic E-state index is -0.161. The first kappa shape index (κ1) is 26.2. The number of pyridine rings is 1. The van der Waals surface area contributed by atoms with Crippen LogP contribution in [0.3, 0.4) is 0 Å². The van der Waals surface area contributed by atoms with Gasteiger partial charge in [-0.15, -0.1) is 0 Å². The van der Waals surface area contributed by atoms with Crippen molar-refractivity contribution in [3.05, 3.63) is 77.7 Å².